The van der Waals surface area contributed by atoms with Crippen molar-refractivity contribution in [3.63, 3.8) is 0 Å². The largest absolute Gasteiger partial charge is 0.481 e. The van der Waals surface area contributed by atoms with Gasteiger partial charge in [0.15, 0.2) is 0 Å². The highest BCUT2D eigenvalue weighted by Crippen LogP contribution is 2.19. The molecule has 2 rings (SSSR count). The number of H-pyrrole nitrogens is 1. The predicted molar refractivity (Wildman–Crippen MR) is 117 cm³/mol. The molecule has 174 valence electrons. The van der Waals surface area contributed by atoms with Crippen LogP contribution < -0.4 is 22.1 Å². The minimum atomic E-state index is -1.33. The number of fused-ring (bicyclic) bond motifs is 1. The van der Waals surface area contributed by atoms with Gasteiger partial charge in [-0.25, -0.2) is 4.79 Å². The molecule has 9 N–H and O–H groups in total. The summed E-state index contributed by atoms with van der Waals surface area (Å²) < 4.78 is 0. The average Bonchev–Trinajstić information content (AvgIpc) is 3.14. The van der Waals surface area contributed by atoms with E-state index in [9.17, 15) is 24.3 Å². The summed E-state index contributed by atoms with van der Waals surface area (Å²) in [5.74, 6) is -3.96. The first-order valence-electron chi connectivity index (χ1n) is 10.3. The van der Waals surface area contributed by atoms with E-state index < -0.39 is 48.3 Å². The summed E-state index contributed by atoms with van der Waals surface area (Å²) in [5.41, 5.74) is 12.6. The molecule has 1 aromatic carbocycles. The summed E-state index contributed by atoms with van der Waals surface area (Å²) in [4.78, 5) is 50.7. The van der Waals surface area contributed by atoms with E-state index >= 15 is 0 Å². The zero-order valence-electron chi connectivity index (χ0n) is 17.5. The first kappa shape index (κ1) is 24.8. The molecule has 1 aromatic heterocycles. The zero-order chi connectivity index (χ0) is 23.7. The first-order chi connectivity index (χ1) is 15.2. The lowest BCUT2D eigenvalue weighted by molar-refractivity contribution is -0.142. The number of aromatic nitrogens is 1. The monoisotopic (exact) mass is 447 g/mol. The van der Waals surface area contributed by atoms with E-state index in [2.05, 4.69) is 15.6 Å². The number of rotatable bonds is 13. The summed E-state index contributed by atoms with van der Waals surface area (Å²) >= 11 is 0. The number of benzene rings is 1. The van der Waals surface area contributed by atoms with E-state index in [0.717, 1.165) is 16.5 Å². The van der Waals surface area contributed by atoms with Crippen LogP contribution in [0.4, 0.5) is 0 Å². The van der Waals surface area contributed by atoms with Crippen LogP contribution in [-0.4, -0.2) is 63.6 Å². The number of carbonyl (C=O) groups excluding carboxylic acids is 2. The van der Waals surface area contributed by atoms with Crippen molar-refractivity contribution in [3.8, 4) is 0 Å². The Balaban J connectivity index is 2.11. The van der Waals surface area contributed by atoms with Crippen LogP contribution in [0.15, 0.2) is 30.5 Å². The fraction of sp³-hybridized carbons (Fsp3) is 0.429. The molecule has 3 unspecified atom stereocenters. The molecule has 0 bridgehead atoms. The topological polar surface area (TPSA) is 201 Å². The fourth-order valence-corrected chi connectivity index (χ4v) is 3.31. The van der Waals surface area contributed by atoms with Gasteiger partial charge in [-0.05, 0) is 37.4 Å². The molecular formula is C21H29N5O6. The number of hydrogen-bond acceptors (Lipinski definition) is 6. The van der Waals surface area contributed by atoms with Crippen LogP contribution in [0, 0.1) is 0 Å². The number of carbonyl (C=O) groups is 4. The lowest BCUT2D eigenvalue weighted by atomic mass is 10.0. The molecule has 0 aliphatic rings. The Bertz CT molecular complexity index is 959. The predicted octanol–water partition coefficient (Wildman–Crippen LogP) is -0.304. The van der Waals surface area contributed by atoms with Crippen LogP contribution in [0.25, 0.3) is 10.9 Å². The van der Waals surface area contributed by atoms with Crippen molar-refractivity contribution >= 4 is 34.7 Å². The number of amides is 2. The van der Waals surface area contributed by atoms with Crippen LogP contribution in [0.2, 0.25) is 0 Å². The minimum Gasteiger partial charge on any atom is -0.481 e. The van der Waals surface area contributed by atoms with Crippen LogP contribution in [0.1, 0.15) is 31.2 Å². The SMILES string of the molecule is NCCCCC(NC(=O)C(N)CC(=O)O)C(=O)NC(Cc1c[nH]c2ccccc12)C(=O)O. The molecule has 3 atom stereocenters. The van der Waals surface area contributed by atoms with Crippen LogP contribution in [-0.2, 0) is 25.6 Å². The van der Waals surface area contributed by atoms with E-state index in [1.165, 1.54) is 0 Å². The number of carboxylic acids is 2. The van der Waals surface area contributed by atoms with Gasteiger partial charge in [-0.3, -0.25) is 14.4 Å². The molecule has 0 aliphatic carbocycles. The Hall–Kier alpha value is -3.44. The highest BCUT2D eigenvalue weighted by atomic mass is 16.4. The average molecular weight is 447 g/mol. The van der Waals surface area contributed by atoms with Gasteiger partial charge in [0.1, 0.15) is 12.1 Å². The van der Waals surface area contributed by atoms with Gasteiger partial charge < -0.3 is 37.3 Å². The quantitative estimate of drug-likeness (QED) is 0.203. The summed E-state index contributed by atoms with van der Waals surface area (Å²) in [6.45, 7) is 0.388. The van der Waals surface area contributed by atoms with Crippen molar-refractivity contribution in [3.05, 3.63) is 36.0 Å². The van der Waals surface area contributed by atoms with E-state index in [1.54, 1.807) is 6.20 Å². The van der Waals surface area contributed by atoms with Crippen molar-refractivity contribution in [1.82, 2.24) is 15.6 Å². The smallest absolute Gasteiger partial charge is 0.326 e. The molecule has 0 radical (unpaired) electrons. The number of nitrogens with one attached hydrogen (secondary N) is 3. The Labute approximate surface area is 184 Å². The molecule has 1 heterocycles. The minimum absolute atomic E-state index is 0.0348. The van der Waals surface area contributed by atoms with Crippen molar-refractivity contribution in [2.24, 2.45) is 11.5 Å². The maximum atomic E-state index is 12.8. The van der Waals surface area contributed by atoms with E-state index in [4.69, 9.17) is 16.6 Å². The van der Waals surface area contributed by atoms with Gasteiger partial charge in [0.05, 0.1) is 12.5 Å². The highest BCUT2D eigenvalue weighted by molar-refractivity contribution is 5.93. The lowest BCUT2D eigenvalue weighted by Crippen LogP contribution is -2.55. The van der Waals surface area contributed by atoms with E-state index in [-0.39, 0.29) is 12.8 Å². The summed E-state index contributed by atoms with van der Waals surface area (Å²) in [6.07, 6.45) is 2.43. The van der Waals surface area contributed by atoms with Crippen molar-refractivity contribution in [2.45, 2.75) is 50.2 Å². The maximum Gasteiger partial charge on any atom is 0.326 e. The van der Waals surface area contributed by atoms with Gasteiger partial charge in [0.25, 0.3) is 0 Å². The molecular weight excluding hydrogens is 418 g/mol. The van der Waals surface area contributed by atoms with Gasteiger partial charge in [-0.1, -0.05) is 18.2 Å². The Morgan fingerprint density at radius 2 is 1.69 bits per heavy atom. The molecule has 0 fully saturated rings. The lowest BCUT2D eigenvalue weighted by Gasteiger charge is -2.22. The van der Waals surface area contributed by atoms with Crippen molar-refractivity contribution in [1.29, 1.82) is 0 Å². The van der Waals surface area contributed by atoms with Crippen molar-refractivity contribution in [2.75, 3.05) is 6.54 Å². The molecule has 32 heavy (non-hydrogen) atoms. The molecule has 0 saturated carbocycles. The number of carboxylic acid groups (broad SMARTS) is 2. The zero-order valence-corrected chi connectivity index (χ0v) is 17.5. The summed E-state index contributed by atoms with van der Waals surface area (Å²) in [6, 6.07) is 3.75. The van der Waals surface area contributed by atoms with Gasteiger partial charge in [0, 0.05) is 23.5 Å². The van der Waals surface area contributed by atoms with E-state index in [0.29, 0.717) is 19.4 Å². The van der Waals surface area contributed by atoms with Crippen LogP contribution in [0.3, 0.4) is 0 Å². The third kappa shape index (κ3) is 7.06. The molecule has 0 aliphatic heterocycles. The number of nitrogens with two attached hydrogens (primary N) is 2. The molecule has 2 amide bonds. The number of aliphatic carboxylic acids is 2. The second-order valence-electron chi connectivity index (χ2n) is 7.51. The second kappa shape index (κ2) is 11.8. The molecule has 11 nitrogen and oxygen atoms in total. The van der Waals surface area contributed by atoms with Gasteiger partial charge in [-0.15, -0.1) is 0 Å². The normalized spacial score (nSPS) is 13.8. The fourth-order valence-electron chi connectivity index (χ4n) is 3.31. The molecule has 11 heteroatoms. The van der Waals surface area contributed by atoms with Crippen molar-refractivity contribution < 1.29 is 29.4 Å². The Kier molecular flexibility index (Phi) is 9.17. The second-order valence-corrected chi connectivity index (χ2v) is 7.51. The third-order valence-electron chi connectivity index (χ3n) is 5.02. The number of para-hydroxylation sites is 1. The molecule has 0 spiro atoms. The van der Waals surface area contributed by atoms with E-state index in [1.807, 2.05) is 24.3 Å². The van der Waals surface area contributed by atoms with Gasteiger partial charge in [-0.2, -0.15) is 0 Å². The Morgan fingerprint density at radius 3 is 2.34 bits per heavy atom. The number of aromatic amines is 1. The summed E-state index contributed by atoms with van der Waals surface area (Å²) in [5, 5.41) is 24.2. The summed E-state index contributed by atoms with van der Waals surface area (Å²) in [7, 11) is 0. The third-order valence-corrected chi connectivity index (χ3v) is 5.02. The molecule has 2 aromatic rings. The Morgan fingerprint density at radius 1 is 1.00 bits per heavy atom. The van der Waals surface area contributed by atoms with Gasteiger partial charge in [0.2, 0.25) is 11.8 Å². The number of hydrogen-bond donors (Lipinski definition) is 7. The number of unbranched alkanes of at least 4 members (excludes halogenated alkanes) is 1. The van der Waals surface area contributed by atoms with Crippen LogP contribution in [0.5, 0.6) is 0 Å². The highest BCUT2D eigenvalue weighted by Gasteiger charge is 2.29. The van der Waals surface area contributed by atoms with Gasteiger partial charge >= 0.3 is 11.9 Å². The standard InChI is InChI=1S/C21H29N5O6/c22-8-4-3-7-16(25-19(29)14(23)10-18(27)28)20(30)26-17(21(31)32)9-12-11-24-15-6-2-1-5-13(12)15/h1-2,5-6,11,14,16-17,24H,3-4,7-10,22-23H2,(H,25,29)(H,26,30)(H,27,28)(H,31,32). The van der Waals surface area contributed by atoms with Crippen LogP contribution >= 0.6 is 0 Å². The first-order valence-corrected chi connectivity index (χ1v) is 10.3. The maximum absolute atomic E-state index is 12.8. The molecule has 0 saturated heterocycles.